The predicted molar refractivity (Wildman–Crippen MR) is 134 cm³/mol. The van der Waals surface area contributed by atoms with Crippen LogP contribution in [0.2, 0.25) is 0 Å². The van der Waals surface area contributed by atoms with E-state index in [9.17, 15) is 9.59 Å². The Hall–Kier alpha value is -1.40. The van der Waals surface area contributed by atoms with E-state index in [1.54, 1.807) is 11.3 Å². The normalized spacial score (nSPS) is 27.4. The minimum absolute atomic E-state index is 0.263. The summed E-state index contributed by atoms with van der Waals surface area (Å²) >= 11 is 1.76. The van der Waals surface area contributed by atoms with Crippen LogP contribution in [0.25, 0.3) is 0 Å². The Morgan fingerprint density at radius 3 is 2.42 bits per heavy atom. The first-order valence-corrected chi connectivity index (χ1v) is 14.5. The van der Waals surface area contributed by atoms with Gasteiger partial charge in [0.2, 0.25) is 5.91 Å². The minimum atomic E-state index is 0.263. The van der Waals surface area contributed by atoms with Crippen LogP contribution in [0.4, 0.5) is 0 Å². The molecule has 6 heteroatoms. The van der Waals surface area contributed by atoms with Crippen LogP contribution in [-0.4, -0.2) is 71.8 Å². The highest BCUT2D eigenvalue weighted by Crippen LogP contribution is 2.37. The monoisotopic (exact) mass is 471 g/mol. The summed E-state index contributed by atoms with van der Waals surface area (Å²) in [5.74, 6) is 1.81. The summed E-state index contributed by atoms with van der Waals surface area (Å²) in [4.78, 5) is 34.2. The third-order valence-electron chi connectivity index (χ3n) is 8.71. The number of fused-ring (bicyclic) bond motifs is 1. The highest BCUT2D eigenvalue weighted by molar-refractivity contribution is 7.10. The lowest BCUT2D eigenvalue weighted by atomic mass is 9.78. The van der Waals surface area contributed by atoms with E-state index >= 15 is 0 Å². The van der Waals surface area contributed by atoms with Gasteiger partial charge in [-0.1, -0.05) is 19.3 Å². The molecule has 5 nitrogen and oxygen atoms in total. The number of amides is 2. The molecule has 5 rings (SSSR count). The molecule has 2 amide bonds. The molecule has 0 N–H and O–H groups in total. The Morgan fingerprint density at radius 2 is 1.61 bits per heavy atom. The number of piperidine rings is 3. The van der Waals surface area contributed by atoms with Crippen molar-refractivity contribution in [1.29, 1.82) is 0 Å². The molecule has 0 bridgehead atoms. The maximum atomic E-state index is 13.4. The molecular weight excluding hydrogens is 430 g/mol. The molecule has 4 aliphatic rings. The van der Waals surface area contributed by atoms with Gasteiger partial charge in [-0.3, -0.25) is 9.59 Å². The molecule has 182 valence electrons. The van der Waals surface area contributed by atoms with Crippen molar-refractivity contribution in [3.8, 4) is 0 Å². The molecule has 0 aromatic carbocycles. The third-order valence-corrected chi connectivity index (χ3v) is 9.81. The Bertz CT molecular complexity index is 808. The summed E-state index contributed by atoms with van der Waals surface area (Å²) in [7, 11) is 0. The second-order valence-electron chi connectivity index (χ2n) is 10.8. The van der Waals surface area contributed by atoms with Gasteiger partial charge < -0.3 is 14.7 Å². The van der Waals surface area contributed by atoms with Crippen molar-refractivity contribution < 1.29 is 9.59 Å². The fourth-order valence-corrected chi connectivity index (χ4v) is 7.79. The van der Waals surface area contributed by atoms with Gasteiger partial charge in [0.25, 0.3) is 5.91 Å². The maximum Gasteiger partial charge on any atom is 0.254 e. The largest absolute Gasteiger partial charge is 0.343 e. The summed E-state index contributed by atoms with van der Waals surface area (Å²) in [5.41, 5.74) is 0.904. The third kappa shape index (κ3) is 5.48. The van der Waals surface area contributed by atoms with Gasteiger partial charge in [-0.05, 0) is 82.4 Å². The van der Waals surface area contributed by atoms with E-state index in [1.807, 2.05) is 0 Å². The number of rotatable bonds is 5. The van der Waals surface area contributed by atoms with E-state index in [2.05, 4.69) is 26.1 Å². The second-order valence-corrected chi connectivity index (χ2v) is 11.7. The van der Waals surface area contributed by atoms with Gasteiger partial charge in [-0.15, -0.1) is 11.3 Å². The molecule has 2 unspecified atom stereocenters. The standard InChI is InChI=1S/C27H41N3O2S/c31-26(12-16-28-13-4-1-5-14-28)29-17-10-22(11-18-29)25-19-23(20-33-25)27(32)30-15-6-8-21-7-2-3-9-24(21)30/h19-22,24H,1-18H2. The van der Waals surface area contributed by atoms with Crippen molar-refractivity contribution in [3.63, 3.8) is 0 Å². The van der Waals surface area contributed by atoms with Crippen LogP contribution in [0.1, 0.15) is 98.2 Å². The molecule has 3 saturated heterocycles. The molecule has 2 atom stereocenters. The highest BCUT2D eigenvalue weighted by Gasteiger charge is 2.36. The van der Waals surface area contributed by atoms with Gasteiger partial charge in [-0.25, -0.2) is 0 Å². The minimum Gasteiger partial charge on any atom is -0.343 e. The molecule has 1 saturated carbocycles. The summed E-state index contributed by atoms with van der Waals surface area (Å²) in [6.45, 7) is 5.90. The molecule has 3 aliphatic heterocycles. The van der Waals surface area contributed by atoms with Gasteiger partial charge in [0.15, 0.2) is 0 Å². The molecular formula is C27H41N3O2S. The predicted octanol–water partition coefficient (Wildman–Crippen LogP) is 5.12. The molecule has 0 radical (unpaired) electrons. The lowest BCUT2D eigenvalue weighted by molar-refractivity contribution is -0.132. The van der Waals surface area contributed by atoms with Crippen molar-refractivity contribution in [2.24, 2.45) is 5.92 Å². The van der Waals surface area contributed by atoms with E-state index in [0.717, 1.165) is 70.0 Å². The second kappa shape index (κ2) is 10.9. The average Bonchev–Trinajstić information content (AvgIpc) is 3.38. The zero-order chi connectivity index (χ0) is 22.6. The van der Waals surface area contributed by atoms with E-state index < -0.39 is 0 Å². The fraction of sp³-hybridized carbons (Fsp3) is 0.778. The summed E-state index contributed by atoms with van der Waals surface area (Å²) < 4.78 is 0. The van der Waals surface area contributed by atoms with Crippen LogP contribution >= 0.6 is 11.3 Å². The van der Waals surface area contributed by atoms with E-state index in [-0.39, 0.29) is 5.91 Å². The van der Waals surface area contributed by atoms with Crippen LogP contribution in [0.5, 0.6) is 0 Å². The highest BCUT2D eigenvalue weighted by atomic mass is 32.1. The van der Waals surface area contributed by atoms with Crippen LogP contribution in [0.15, 0.2) is 11.4 Å². The van der Waals surface area contributed by atoms with Gasteiger partial charge in [0.1, 0.15) is 0 Å². The van der Waals surface area contributed by atoms with Crippen molar-refractivity contribution in [1.82, 2.24) is 14.7 Å². The van der Waals surface area contributed by atoms with Crippen LogP contribution in [-0.2, 0) is 4.79 Å². The number of hydrogen-bond donors (Lipinski definition) is 0. The topological polar surface area (TPSA) is 43.9 Å². The molecule has 1 aromatic rings. The van der Waals surface area contributed by atoms with Crippen molar-refractivity contribution in [2.45, 2.75) is 89.0 Å². The molecule has 1 aromatic heterocycles. The number of carbonyl (C=O) groups is 2. The summed E-state index contributed by atoms with van der Waals surface area (Å²) in [6.07, 6.45) is 14.2. The van der Waals surface area contributed by atoms with Crippen LogP contribution in [0.3, 0.4) is 0 Å². The Kier molecular flexibility index (Phi) is 7.71. The summed E-state index contributed by atoms with van der Waals surface area (Å²) in [5, 5.41) is 2.10. The fourth-order valence-electron chi connectivity index (χ4n) is 6.73. The average molecular weight is 472 g/mol. The molecule has 1 aliphatic carbocycles. The lowest BCUT2D eigenvalue weighted by Crippen LogP contribution is -2.49. The van der Waals surface area contributed by atoms with Crippen LogP contribution < -0.4 is 0 Å². The number of hydrogen-bond acceptors (Lipinski definition) is 4. The maximum absolute atomic E-state index is 13.4. The lowest BCUT2D eigenvalue weighted by Gasteiger charge is -2.44. The van der Waals surface area contributed by atoms with Crippen molar-refractivity contribution in [2.75, 3.05) is 39.3 Å². The zero-order valence-electron chi connectivity index (χ0n) is 20.2. The number of nitrogens with zero attached hydrogens (tertiary/aromatic N) is 3. The van der Waals surface area contributed by atoms with Gasteiger partial charge >= 0.3 is 0 Å². The van der Waals surface area contributed by atoms with Crippen molar-refractivity contribution in [3.05, 3.63) is 21.9 Å². The van der Waals surface area contributed by atoms with E-state index in [4.69, 9.17) is 0 Å². The first-order valence-electron chi connectivity index (χ1n) is 13.6. The number of likely N-dealkylation sites (tertiary alicyclic amines) is 3. The van der Waals surface area contributed by atoms with Gasteiger partial charge in [-0.2, -0.15) is 0 Å². The van der Waals surface area contributed by atoms with Gasteiger partial charge in [0, 0.05) is 48.9 Å². The molecule has 4 fully saturated rings. The smallest absolute Gasteiger partial charge is 0.254 e. The molecule has 0 spiro atoms. The zero-order valence-corrected chi connectivity index (χ0v) is 21.0. The first kappa shape index (κ1) is 23.3. The summed E-state index contributed by atoms with van der Waals surface area (Å²) in [6, 6.07) is 2.65. The Labute approximate surface area is 203 Å². The Balaban J connectivity index is 1.12. The first-order chi connectivity index (χ1) is 16.2. The number of carbonyl (C=O) groups excluding carboxylic acids is 2. The van der Waals surface area contributed by atoms with E-state index in [0.29, 0.717) is 24.3 Å². The van der Waals surface area contributed by atoms with Gasteiger partial charge in [0.05, 0.1) is 5.56 Å². The van der Waals surface area contributed by atoms with Crippen molar-refractivity contribution >= 4 is 23.2 Å². The molecule has 4 heterocycles. The molecule has 33 heavy (non-hydrogen) atoms. The Morgan fingerprint density at radius 1 is 0.848 bits per heavy atom. The van der Waals surface area contributed by atoms with E-state index in [1.165, 1.54) is 56.2 Å². The SMILES string of the molecule is O=C(CCN1CCCCC1)N1CCC(c2cc(C(=O)N3CCCC4CCCCC43)cs2)CC1. The number of thiophene rings is 1. The quantitative estimate of drug-likeness (QED) is 0.598. The van der Waals surface area contributed by atoms with Crippen LogP contribution in [0, 0.1) is 5.92 Å².